The summed E-state index contributed by atoms with van der Waals surface area (Å²) in [4.78, 5) is 12.9. The van der Waals surface area contributed by atoms with E-state index >= 15 is 0 Å². The number of morpholine rings is 1. The van der Waals surface area contributed by atoms with Crippen molar-refractivity contribution in [2.24, 2.45) is 0 Å². The maximum atomic E-state index is 13.0. The van der Waals surface area contributed by atoms with Crippen LogP contribution in [0.4, 0.5) is 10.3 Å². The molecule has 0 aromatic carbocycles. The van der Waals surface area contributed by atoms with Crippen molar-refractivity contribution in [3.05, 3.63) is 18.2 Å². The quantitative estimate of drug-likeness (QED) is 0.835. The molecule has 0 amide bonds. The van der Waals surface area contributed by atoms with E-state index in [4.69, 9.17) is 4.74 Å². The fourth-order valence-corrected chi connectivity index (χ4v) is 3.04. The minimum absolute atomic E-state index is 0.200. The van der Waals surface area contributed by atoms with E-state index in [2.05, 4.69) is 33.6 Å². The molecule has 3 atom stereocenters. The summed E-state index contributed by atoms with van der Waals surface area (Å²) in [6.07, 6.45) is 3.79. The first-order valence-electron chi connectivity index (χ1n) is 7.29. The van der Waals surface area contributed by atoms with Crippen LogP contribution in [-0.2, 0) is 4.74 Å². The van der Waals surface area contributed by atoms with Gasteiger partial charge in [0.25, 0.3) is 0 Å². The maximum Gasteiger partial charge on any atom is 0.225 e. The van der Waals surface area contributed by atoms with E-state index in [9.17, 15) is 4.39 Å². The molecule has 0 bridgehead atoms. The molecular weight excluding hydrogens is 259 g/mol. The summed E-state index contributed by atoms with van der Waals surface area (Å²) < 4.78 is 18.8. The first-order chi connectivity index (χ1) is 9.69. The molecule has 0 radical (unpaired) electrons. The Balaban J connectivity index is 1.77. The molecule has 2 saturated heterocycles. The van der Waals surface area contributed by atoms with Gasteiger partial charge in [0.05, 0.1) is 31.1 Å². The molecule has 1 aromatic heterocycles. The van der Waals surface area contributed by atoms with Crippen LogP contribution in [0.15, 0.2) is 12.4 Å². The van der Waals surface area contributed by atoms with Gasteiger partial charge in [-0.1, -0.05) is 6.92 Å². The van der Waals surface area contributed by atoms with Crippen LogP contribution in [0.3, 0.4) is 0 Å². The van der Waals surface area contributed by atoms with Crippen LogP contribution < -0.4 is 4.90 Å². The van der Waals surface area contributed by atoms with E-state index in [1.165, 1.54) is 12.4 Å². The fourth-order valence-electron chi connectivity index (χ4n) is 3.04. The molecule has 0 spiro atoms. The SMILES string of the molecule is CCC(C)N1C[C@@H]2OCCN(c3ncc(F)cn3)[C@@H]2C1. The molecule has 0 N–H and O–H groups in total. The summed E-state index contributed by atoms with van der Waals surface area (Å²) >= 11 is 0. The number of likely N-dealkylation sites (tertiary alicyclic amines) is 1. The van der Waals surface area contributed by atoms with Gasteiger partial charge >= 0.3 is 0 Å². The maximum absolute atomic E-state index is 13.0. The normalized spacial score (nSPS) is 28.4. The van der Waals surface area contributed by atoms with E-state index < -0.39 is 5.82 Å². The first-order valence-corrected chi connectivity index (χ1v) is 7.29. The topological polar surface area (TPSA) is 41.5 Å². The third-order valence-corrected chi connectivity index (χ3v) is 4.41. The number of aromatic nitrogens is 2. The number of ether oxygens (including phenoxy) is 1. The summed E-state index contributed by atoms with van der Waals surface area (Å²) in [7, 11) is 0. The van der Waals surface area contributed by atoms with Crippen LogP contribution in [-0.4, -0.2) is 59.3 Å². The molecule has 5 nitrogen and oxygen atoms in total. The molecule has 1 aromatic rings. The molecule has 3 heterocycles. The highest BCUT2D eigenvalue weighted by Crippen LogP contribution is 2.27. The lowest BCUT2D eigenvalue weighted by molar-refractivity contribution is 0.0287. The van der Waals surface area contributed by atoms with Gasteiger partial charge in [-0.05, 0) is 13.3 Å². The monoisotopic (exact) mass is 280 g/mol. The van der Waals surface area contributed by atoms with Crippen molar-refractivity contribution in [2.75, 3.05) is 31.1 Å². The van der Waals surface area contributed by atoms with Crippen molar-refractivity contribution >= 4 is 5.95 Å². The molecule has 0 aliphatic carbocycles. The van der Waals surface area contributed by atoms with Gasteiger partial charge in [-0.15, -0.1) is 0 Å². The summed E-state index contributed by atoms with van der Waals surface area (Å²) in [5.74, 6) is 0.210. The molecule has 20 heavy (non-hydrogen) atoms. The van der Waals surface area contributed by atoms with Gasteiger partial charge in [-0.25, -0.2) is 14.4 Å². The lowest BCUT2D eigenvalue weighted by Crippen LogP contribution is -2.51. The number of nitrogens with zero attached hydrogens (tertiary/aromatic N) is 4. The minimum atomic E-state index is -0.397. The van der Waals surface area contributed by atoms with Crippen LogP contribution in [0.5, 0.6) is 0 Å². The van der Waals surface area contributed by atoms with E-state index in [1.807, 2.05) is 0 Å². The van der Waals surface area contributed by atoms with Gasteiger partial charge in [0.2, 0.25) is 5.95 Å². The van der Waals surface area contributed by atoms with Gasteiger partial charge in [0, 0.05) is 25.7 Å². The molecule has 2 fully saturated rings. The van der Waals surface area contributed by atoms with Gasteiger partial charge in [-0.3, -0.25) is 4.90 Å². The van der Waals surface area contributed by atoms with Gasteiger partial charge in [-0.2, -0.15) is 0 Å². The van der Waals surface area contributed by atoms with Gasteiger partial charge < -0.3 is 9.64 Å². The third kappa shape index (κ3) is 2.50. The van der Waals surface area contributed by atoms with Gasteiger partial charge in [0.1, 0.15) is 0 Å². The van der Waals surface area contributed by atoms with Crippen molar-refractivity contribution in [1.82, 2.24) is 14.9 Å². The summed E-state index contributed by atoms with van der Waals surface area (Å²) in [5.41, 5.74) is 0. The molecule has 1 unspecified atom stereocenters. The Morgan fingerprint density at radius 1 is 1.40 bits per heavy atom. The Bertz CT molecular complexity index is 455. The Hall–Kier alpha value is -1.27. The third-order valence-electron chi connectivity index (χ3n) is 4.41. The second-order valence-corrected chi connectivity index (χ2v) is 5.58. The number of fused-ring (bicyclic) bond motifs is 1. The largest absolute Gasteiger partial charge is 0.373 e. The highest BCUT2D eigenvalue weighted by molar-refractivity contribution is 5.33. The van der Waals surface area contributed by atoms with Crippen molar-refractivity contribution < 1.29 is 9.13 Å². The average Bonchev–Trinajstić information content (AvgIpc) is 2.91. The van der Waals surface area contributed by atoms with Crippen LogP contribution >= 0.6 is 0 Å². The van der Waals surface area contributed by atoms with Crippen molar-refractivity contribution in [1.29, 1.82) is 0 Å². The standard InChI is InChI=1S/C14H21FN4O/c1-3-10(2)18-8-12-13(9-18)20-5-4-19(12)14-16-6-11(15)7-17-14/h6-7,10,12-13H,3-5,8-9H2,1-2H3/t10?,12-,13+/m1/s1. The number of halogens is 1. The number of anilines is 1. The van der Waals surface area contributed by atoms with E-state index in [0.29, 0.717) is 18.6 Å². The molecule has 2 aliphatic rings. The fraction of sp³-hybridized carbons (Fsp3) is 0.714. The Morgan fingerprint density at radius 3 is 2.85 bits per heavy atom. The van der Waals surface area contributed by atoms with E-state index in [0.717, 1.165) is 26.1 Å². The molecular formula is C14H21FN4O. The molecule has 110 valence electrons. The second-order valence-electron chi connectivity index (χ2n) is 5.58. The molecule has 6 heteroatoms. The predicted octanol–water partition coefficient (Wildman–Crippen LogP) is 1.30. The number of rotatable bonds is 3. The van der Waals surface area contributed by atoms with E-state index in [-0.39, 0.29) is 12.1 Å². The van der Waals surface area contributed by atoms with Crippen LogP contribution in [0.2, 0.25) is 0 Å². The highest BCUT2D eigenvalue weighted by Gasteiger charge is 2.42. The summed E-state index contributed by atoms with van der Waals surface area (Å²) in [5, 5.41) is 0. The zero-order valence-electron chi connectivity index (χ0n) is 12.0. The minimum Gasteiger partial charge on any atom is -0.373 e. The number of hydrogen-bond donors (Lipinski definition) is 0. The van der Waals surface area contributed by atoms with Crippen molar-refractivity contribution in [3.63, 3.8) is 0 Å². The average molecular weight is 280 g/mol. The Kier molecular flexibility index (Phi) is 3.85. The van der Waals surface area contributed by atoms with Crippen molar-refractivity contribution in [2.45, 2.75) is 38.5 Å². The lowest BCUT2D eigenvalue weighted by Gasteiger charge is -2.36. The van der Waals surface area contributed by atoms with Crippen LogP contribution in [0.25, 0.3) is 0 Å². The number of hydrogen-bond acceptors (Lipinski definition) is 5. The molecule has 0 saturated carbocycles. The smallest absolute Gasteiger partial charge is 0.225 e. The lowest BCUT2D eigenvalue weighted by atomic mass is 10.1. The van der Waals surface area contributed by atoms with E-state index in [1.54, 1.807) is 0 Å². The highest BCUT2D eigenvalue weighted by atomic mass is 19.1. The first kappa shape index (κ1) is 13.7. The van der Waals surface area contributed by atoms with Crippen molar-refractivity contribution in [3.8, 4) is 0 Å². The molecule has 2 aliphatic heterocycles. The Morgan fingerprint density at radius 2 is 2.15 bits per heavy atom. The zero-order valence-corrected chi connectivity index (χ0v) is 12.0. The second kappa shape index (κ2) is 5.61. The van der Waals surface area contributed by atoms with Gasteiger partial charge in [0.15, 0.2) is 5.82 Å². The zero-order chi connectivity index (χ0) is 14.1. The summed E-state index contributed by atoms with van der Waals surface area (Å²) in [6, 6.07) is 0.823. The molecule has 3 rings (SSSR count). The van der Waals surface area contributed by atoms with Crippen LogP contribution in [0, 0.1) is 5.82 Å². The Labute approximate surface area is 118 Å². The predicted molar refractivity (Wildman–Crippen MR) is 74.2 cm³/mol. The van der Waals surface area contributed by atoms with Crippen LogP contribution in [0.1, 0.15) is 20.3 Å². The summed E-state index contributed by atoms with van der Waals surface area (Å²) in [6.45, 7) is 7.81.